The summed E-state index contributed by atoms with van der Waals surface area (Å²) >= 11 is 11.9. The van der Waals surface area contributed by atoms with Crippen LogP contribution in [0.1, 0.15) is 75.6 Å². The van der Waals surface area contributed by atoms with E-state index in [1.807, 2.05) is 113 Å². The summed E-state index contributed by atoms with van der Waals surface area (Å²) in [6.07, 6.45) is 0.938. The lowest BCUT2D eigenvalue weighted by Gasteiger charge is -2.28. The number of fused-ring (bicyclic) bond motifs is 2. The number of nitrogens with zero attached hydrogens (tertiary/aromatic N) is 3. The quantitative estimate of drug-likeness (QED) is 0.127. The van der Waals surface area contributed by atoms with E-state index < -0.39 is 17.7 Å². The number of carbonyl (C=O) groups excluding carboxylic acids is 3. The first-order valence-corrected chi connectivity index (χ1v) is 18.6. The van der Waals surface area contributed by atoms with Gasteiger partial charge in [-0.3, -0.25) is 9.69 Å². The van der Waals surface area contributed by atoms with Crippen molar-refractivity contribution in [3.63, 3.8) is 0 Å². The van der Waals surface area contributed by atoms with Gasteiger partial charge in [-0.15, -0.1) is 0 Å². The van der Waals surface area contributed by atoms with Gasteiger partial charge in [0.25, 0.3) is 0 Å². The zero-order valence-electron chi connectivity index (χ0n) is 31.2. The fourth-order valence-corrected chi connectivity index (χ4v) is 6.38. The number of rotatable bonds is 5. The normalized spacial score (nSPS) is 13.5. The number of esters is 1. The smallest absolute Gasteiger partial charge is 0.410 e. The Morgan fingerprint density at radius 1 is 0.709 bits per heavy atom. The number of amides is 1. The molecule has 0 N–H and O–H groups in total. The number of ether oxygens (including phenoxy) is 2. The van der Waals surface area contributed by atoms with Crippen LogP contribution in [0.2, 0.25) is 10.0 Å². The van der Waals surface area contributed by atoms with Gasteiger partial charge in [-0.1, -0.05) is 105 Å². The fraction of sp³-hybridized carbons (Fsp3) is 0.267. The van der Waals surface area contributed by atoms with Gasteiger partial charge in [0.05, 0.1) is 41.1 Å². The average molecular weight is 781 g/mol. The van der Waals surface area contributed by atoms with Crippen LogP contribution in [0.3, 0.4) is 0 Å². The Labute approximate surface area is 333 Å². The summed E-state index contributed by atoms with van der Waals surface area (Å²) in [7, 11) is 1.37. The van der Waals surface area contributed by atoms with Crippen LogP contribution in [0.5, 0.6) is 0 Å². The van der Waals surface area contributed by atoms with E-state index in [1.54, 1.807) is 35.2 Å². The summed E-state index contributed by atoms with van der Waals surface area (Å²) in [5.74, 6) is -0.457. The van der Waals surface area contributed by atoms with E-state index in [4.69, 9.17) is 37.7 Å². The van der Waals surface area contributed by atoms with Crippen LogP contribution in [-0.2, 0) is 9.47 Å². The minimum atomic E-state index is -0.613. The molecule has 1 unspecified atom stereocenters. The predicted octanol–water partition coefficient (Wildman–Crippen LogP) is 12.1. The molecule has 1 aliphatic rings. The van der Waals surface area contributed by atoms with Crippen LogP contribution < -0.4 is 0 Å². The number of likely N-dealkylation sites (tertiary alicyclic amines) is 1. The molecule has 0 spiro atoms. The molecule has 8 nitrogen and oxygen atoms in total. The number of ketones is 1. The van der Waals surface area contributed by atoms with Crippen LogP contribution in [0.25, 0.3) is 44.3 Å². The van der Waals surface area contributed by atoms with Gasteiger partial charge in [0.2, 0.25) is 0 Å². The Hall–Kier alpha value is -5.31. The SMILES string of the molecule is C.CC.CC(C)(C)OC(=O)N1CCCC1C(=O)c1cc(-c2ccc(Cl)cc2)nc2ccccc12.COC(=O)c1cc(-c2ccc(Cl)cc2)nc2ccccc12. The van der Waals surface area contributed by atoms with E-state index in [2.05, 4.69) is 4.98 Å². The van der Waals surface area contributed by atoms with E-state index in [0.29, 0.717) is 45.5 Å². The van der Waals surface area contributed by atoms with Gasteiger partial charge in [0.1, 0.15) is 5.60 Å². The number of para-hydroxylation sites is 2. The maximum atomic E-state index is 13.7. The summed E-state index contributed by atoms with van der Waals surface area (Å²) in [5, 5.41) is 2.86. The minimum Gasteiger partial charge on any atom is -0.465 e. The van der Waals surface area contributed by atoms with Crippen molar-refractivity contribution in [3.8, 4) is 22.5 Å². The molecule has 55 heavy (non-hydrogen) atoms. The zero-order valence-corrected chi connectivity index (χ0v) is 32.7. The van der Waals surface area contributed by atoms with Crippen molar-refractivity contribution in [2.24, 2.45) is 0 Å². The first-order valence-electron chi connectivity index (χ1n) is 17.9. The van der Waals surface area contributed by atoms with Crippen LogP contribution in [-0.4, -0.2) is 58.0 Å². The number of benzene rings is 4. The van der Waals surface area contributed by atoms with Crippen molar-refractivity contribution in [1.29, 1.82) is 0 Å². The third kappa shape index (κ3) is 10.3. The Kier molecular flexibility index (Phi) is 14.5. The highest BCUT2D eigenvalue weighted by Crippen LogP contribution is 2.31. The lowest BCUT2D eigenvalue weighted by Crippen LogP contribution is -2.43. The second kappa shape index (κ2) is 18.8. The Morgan fingerprint density at radius 2 is 1.16 bits per heavy atom. The monoisotopic (exact) mass is 779 g/mol. The summed E-state index contributed by atoms with van der Waals surface area (Å²) in [4.78, 5) is 49.3. The van der Waals surface area contributed by atoms with Crippen LogP contribution in [0, 0.1) is 0 Å². The highest BCUT2D eigenvalue weighted by Gasteiger charge is 2.37. The van der Waals surface area contributed by atoms with Crippen LogP contribution in [0.15, 0.2) is 109 Å². The number of methoxy groups -OCH3 is 1. The van der Waals surface area contributed by atoms with Crippen molar-refractivity contribution < 1.29 is 23.9 Å². The second-order valence-electron chi connectivity index (χ2n) is 13.3. The molecule has 1 saturated heterocycles. The van der Waals surface area contributed by atoms with Gasteiger partial charge < -0.3 is 9.47 Å². The number of hydrogen-bond donors (Lipinski definition) is 0. The van der Waals surface area contributed by atoms with E-state index in [9.17, 15) is 14.4 Å². The molecule has 0 saturated carbocycles. The molecule has 3 heterocycles. The van der Waals surface area contributed by atoms with E-state index in [0.717, 1.165) is 39.4 Å². The molecular weight excluding hydrogens is 733 g/mol. The highest BCUT2D eigenvalue weighted by atomic mass is 35.5. The zero-order chi connectivity index (χ0) is 39.0. The Bertz CT molecular complexity index is 2270. The van der Waals surface area contributed by atoms with Crippen LogP contribution >= 0.6 is 23.2 Å². The van der Waals surface area contributed by atoms with Crippen molar-refractivity contribution in [2.75, 3.05) is 13.7 Å². The van der Waals surface area contributed by atoms with Gasteiger partial charge in [-0.25, -0.2) is 19.6 Å². The molecule has 0 aliphatic carbocycles. The predicted molar refractivity (Wildman–Crippen MR) is 224 cm³/mol. The summed E-state index contributed by atoms with van der Waals surface area (Å²) in [5.41, 5.74) is 5.13. The Morgan fingerprint density at radius 3 is 1.64 bits per heavy atom. The van der Waals surface area contributed by atoms with E-state index in [1.165, 1.54) is 7.11 Å². The first kappa shape index (κ1) is 42.4. The number of pyridine rings is 2. The lowest BCUT2D eigenvalue weighted by molar-refractivity contribution is 0.0222. The standard InChI is InChI=1S/C25H25ClN2O3.C17H12ClNO2.C2H6.CH4/c1-25(2,3)31-24(30)28-14-6-9-22(28)23(29)19-15-21(16-10-12-17(26)13-11-16)27-20-8-5-4-7-18(19)20;1-21-17(20)14-10-16(11-6-8-12(18)9-7-11)19-15-5-3-2-4-13(14)15;1-2;/h4-5,7-8,10-13,15,22H,6,9,14H2,1-3H3;2-10H,1H3;1-2H3;1H4. The highest BCUT2D eigenvalue weighted by molar-refractivity contribution is 6.31. The lowest BCUT2D eigenvalue weighted by atomic mass is 9.96. The van der Waals surface area contributed by atoms with Gasteiger partial charge in [0, 0.05) is 44.1 Å². The van der Waals surface area contributed by atoms with Crippen LogP contribution in [0.4, 0.5) is 4.79 Å². The summed E-state index contributed by atoms with van der Waals surface area (Å²) in [6.45, 7) is 9.99. The Balaban J connectivity index is 0.000000245. The van der Waals surface area contributed by atoms with Gasteiger partial charge >= 0.3 is 12.1 Å². The molecule has 1 fully saturated rings. The molecular formula is C45H47Cl2N3O5. The minimum absolute atomic E-state index is 0. The van der Waals surface area contributed by atoms with Gasteiger partial charge in [-0.05, 0) is 82.1 Å². The topological polar surface area (TPSA) is 98.7 Å². The fourth-order valence-electron chi connectivity index (χ4n) is 6.13. The molecule has 2 aromatic heterocycles. The van der Waals surface area contributed by atoms with Crippen molar-refractivity contribution in [3.05, 3.63) is 130 Å². The number of hydrogen-bond acceptors (Lipinski definition) is 7. The summed E-state index contributed by atoms with van der Waals surface area (Å²) in [6, 6.07) is 32.8. The molecule has 1 amide bonds. The second-order valence-corrected chi connectivity index (χ2v) is 14.2. The molecule has 4 aromatic carbocycles. The first-order chi connectivity index (χ1) is 25.9. The van der Waals surface area contributed by atoms with Crippen molar-refractivity contribution >= 4 is 62.9 Å². The average Bonchev–Trinajstić information content (AvgIpc) is 3.68. The molecule has 10 heteroatoms. The molecule has 0 bridgehead atoms. The maximum absolute atomic E-state index is 13.7. The molecule has 7 rings (SSSR count). The van der Waals surface area contributed by atoms with Crippen molar-refractivity contribution in [2.45, 2.75) is 66.5 Å². The molecule has 286 valence electrons. The third-order valence-electron chi connectivity index (χ3n) is 8.57. The maximum Gasteiger partial charge on any atom is 0.410 e. The summed E-state index contributed by atoms with van der Waals surface area (Å²) < 4.78 is 10.4. The number of carbonyl (C=O) groups is 3. The molecule has 1 atom stereocenters. The molecule has 6 aromatic rings. The number of halogens is 2. The largest absolute Gasteiger partial charge is 0.465 e. The number of Topliss-reactive ketones (excluding diaryl/α,β-unsaturated/α-hetero) is 1. The van der Waals surface area contributed by atoms with Crippen molar-refractivity contribution in [1.82, 2.24) is 14.9 Å². The van der Waals surface area contributed by atoms with E-state index in [-0.39, 0.29) is 19.2 Å². The molecule has 1 aliphatic heterocycles. The number of aromatic nitrogens is 2. The van der Waals surface area contributed by atoms with Gasteiger partial charge in [0.15, 0.2) is 5.78 Å². The van der Waals surface area contributed by atoms with E-state index >= 15 is 0 Å². The molecule has 0 radical (unpaired) electrons. The third-order valence-corrected chi connectivity index (χ3v) is 9.07. The van der Waals surface area contributed by atoms with Gasteiger partial charge in [-0.2, -0.15) is 0 Å².